The number of rotatable bonds is 2. The van der Waals surface area contributed by atoms with E-state index in [4.69, 9.17) is 34.8 Å². The van der Waals surface area contributed by atoms with E-state index in [1.54, 1.807) is 12.2 Å². The van der Waals surface area contributed by atoms with E-state index in [0.717, 1.165) is 0 Å². The first-order valence-electron chi connectivity index (χ1n) is 4.61. The Kier molecular flexibility index (Phi) is 4.10. The van der Waals surface area contributed by atoms with Gasteiger partial charge in [-0.25, -0.2) is 0 Å². The quantitative estimate of drug-likeness (QED) is 0.766. The molecule has 1 amide bonds. The van der Waals surface area contributed by atoms with Crippen molar-refractivity contribution in [2.75, 3.05) is 0 Å². The van der Waals surface area contributed by atoms with Crippen LogP contribution in [0.4, 0.5) is 0 Å². The maximum atomic E-state index is 11.0. The molecule has 0 saturated carbocycles. The molecular weight excluding hydrogens is 256 g/mol. The molecule has 2 nitrogen and oxygen atoms in total. The molecule has 5 heteroatoms. The van der Waals surface area contributed by atoms with Crippen molar-refractivity contribution in [3.8, 4) is 0 Å². The number of carbonyl (C=O) groups is 1. The second-order valence-corrected chi connectivity index (χ2v) is 4.98. The maximum absolute atomic E-state index is 11.0. The van der Waals surface area contributed by atoms with E-state index < -0.39 is 4.87 Å². The van der Waals surface area contributed by atoms with E-state index in [1.165, 1.54) is 6.92 Å². The standard InChI is InChI=1S/C10H12Cl3NO/c1-3-10(13)5-8(12)7(11)4-9(10)14-6(2)15/h4-5,9H,3H2,1-2H3,(H,14,15). The Morgan fingerprint density at radius 1 is 1.53 bits per heavy atom. The van der Waals surface area contributed by atoms with Gasteiger partial charge in [0.15, 0.2) is 0 Å². The van der Waals surface area contributed by atoms with Crippen molar-refractivity contribution in [2.24, 2.45) is 0 Å². The number of halogens is 3. The molecule has 15 heavy (non-hydrogen) atoms. The summed E-state index contributed by atoms with van der Waals surface area (Å²) in [5.74, 6) is -0.148. The lowest BCUT2D eigenvalue weighted by Gasteiger charge is -2.33. The molecule has 0 spiro atoms. The first kappa shape index (κ1) is 12.9. The van der Waals surface area contributed by atoms with Gasteiger partial charge in [-0.3, -0.25) is 4.79 Å². The van der Waals surface area contributed by atoms with Crippen LogP contribution in [0.2, 0.25) is 0 Å². The van der Waals surface area contributed by atoms with Crippen molar-refractivity contribution in [3.05, 3.63) is 22.2 Å². The lowest BCUT2D eigenvalue weighted by Crippen LogP contribution is -2.47. The molecule has 0 radical (unpaired) electrons. The summed E-state index contributed by atoms with van der Waals surface area (Å²) in [5, 5.41) is 3.58. The monoisotopic (exact) mass is 267 g/mol. The van der Waals surface area contributed by atoms with E-state index in [2.05, 4.69) is 5.32 Å². The van der Waals surface area contributed by atoms with Crippen LogP contribution in [0.5, 0.6) is 0 Å². The Hall–Kier alpha value is -0.180. The average Bonchev–Trinajstić information content (AvgIpc) is 2.13. The van der Waals surface area contributed by atoms with Gasteiger partial charge in [-0.15, -0.1) is 11.6 Å². The van der Waals surface area contributed by atoms with E-state index in [-0.39, 0.29) is 11.9 Å². The van der Waals surface area contributed by atoms with Gasteiger partial charge in [0.25, 0.3) is 0 Å². The molecule has 0 fully saturated rings. The molecule has 84 valence electrons. The summed E-state index contributed by atoms with van der Waals surface area (Å²) in [6.45, 7) is 3.37. The second kappa shape index (κ2) is 4.77. The smallest absolute Gasteiger partial charge is 0.217 e. The third-order valence-corrected chi connectivity index (χ3v) is 3.68. The van der Waals surface area contributed by atoms with E-state index >= 15 is 0 Å². The second-order valence-electron chi connectivity index (χ2n) is 3.47. The molecule has 2 atom stereocenters. The topological polar surface area (TPSA) is 29.1 Å². The molecule has 0 aromatic carbocycles. The largest absolute Gasteiger partial charge is 0.348 e. The lowest BCUT2D eigenvalue weighted by atomic mass is 9.91. The summed E-state index contributed by atoms with van der Waals surface area (Å²) in [7, 11) is 0. The SMILES string of the molecule is CCC1(Cl)C=C(Cl)C(Cl)=CC1NC(C)=O. The number of hydrogen-bond donors (Lipinski definition) is 1. The van der Waals surface area contributed by atoms with Crippen LogP contribution >= 0.6 is 34.8 Å². The first-order valence-corrected chi connectivity index (χ1v) is 5.74. The highest BCUT2D eigenvalue weighted by molar-refractivity contribution is 6.45. The number of carbonyl (C=O) groups excluding carboxylic acids is 1. The van der Waals surface area contributed by atoms with E-state index in [9.17, 15) is 4.79 Å². The van der Waals surface area contributed by atoms with Gasteiger partial charge < -0.3 is 5.32 Å². The average molecular weight is 269 g/mol. The molecule has 1 aliphatic rings. The van der Waals surface area contributed by atoms with Crippen LogP contribution in [0, 0.1) is 0 Å². The minimum atomic E-state index is -0.693. The van der Waals surface area contributed by atoms with E-state index in [1.807, 2.05) is 6.92 Å². The third-order valence-electron chi connectivity index (χ3n) is 2.33. The summed E-state index contributed by atoms with van der Waals surface area (Å²) >= 11 is 18.1. The Bertz CT molecular complexity index is 338. The highest BCUT2D eigenvalue weighted by Gasteiger charge is 2.36. The van der Waals surface area contributed by atoms with Crippen LogP contribution in [0.25, 0.3) is 0 Å². The fraction of sp³-hybridized carbons (Fsp3) is 0.500. The highest BCUT2D eigenvalue weighted by atomic mass is 35.5. The number of nitrogens with one attached hydrogen (secondary N) is 1. The molecule has 1 aliphatic carbocycles. The van der Waals surface area contributed by atoms with Gasteiger partial charge in [0, 0.05) is 6.92 Å². The van der Waals surface area contributed by atoms with Crippen LogP contribution in [0.1, 0.15) is 20.3 Å². The fourth-order valence-corrected chi connectivity index (χ4v) is 2.16. The number of allylic oxidation sites excluding steroid dienone is 2. The Balaban J connectivity index is 2.99. The zero-order chi connectivity index (χ0) is 11.6. The summed E-state index contributed by atoms with van der Waals surface area (Å²) in [6.07, 6.45) is 4.00. The lowest BCUT2D eigenvalue weighted by molar-refractivity contribution is -0.119. The van der Waals surface area contributed by atoms with Gasteiger partial charge in [0.2, 0.25) is 5.91 Å². The van der Waals surface area contributed by atoms with Crippen LogP contribution < -0.4 is 5.32 Å². The van der Waals surface area contributed by atoms with Gasteiger partial charge in [0.05, 0.1) is 21.0 Å². The molecular formula is C10H12Cl3NO. The van der Waals surface area contributed by atoms with Gasteiger partial charge >= 0.3 is 0 Å². The predicted molar refractivity (Wildman–Crippen MR) is 64.4 cm³/mol. The van der Waals surface area contributed by atoms with Crippen LogP contribution in [-0.4, -0.2) is 16.8 Å². The summed E-state index contributed by atoms with van der Waals surface area (Å²) in [6, 6.07) is -0.323. The highest BCUT2D eigenvalue weighted by Crippen LogP contribution is 2.37. The zero-order valence-corrected chi connectivity index (χ0v) is 10.7. The normalized spacial score (nSPS) is 30.6. The van der Waals surface area contributed by atoms with Crippen molar-refractivity contribution < 1.29 is 4.79 Å². The predicted octanol–water partition coefficient (Wildman–Crippen LogP) is 3.14. The molecule has 0 aliphatic heterocycles. The zero-order valence-electron chi connectivity index (χ0n) is 8.48. The van der Waals surface area contributed by atoms with Crippen molar-refractivity contribution in [3.63, 3.8) is 0 Å². The maximum Gasteiger partial charge on any atom is 0.217 e. The molecule has 0 bridgehead atoms. The van der Waals surface area contributed by atoms with Gasteiger partial charge in [-0.05, 0) is 18.6 Å². The number of alkyl halides is 1. The number of hydrogen-bond acceptors (Lipinski definition) is 1. The van der Waals surface area contributed by atoms with Crippen molar-refractivity contribution in [1.82, 2.24) is 5.32 Å². The van der Waals surface area contributed by atoms with Crippen molar-refractivity contribution in [2.45, 2.75) is 31.2 Å². The Labute approximate surface area is 104 Å². The summed E-state index contributed by atoms with van der Waals surface area (Å²) < 4.78 is 0. The van der Waals surface area contributed by atoms with Crippen molar-refractivity contribution in [1.29, 1.82) is 0 Å². The molecule has 1 N–H and O–H groups in total. The summed E-state index contributed by atoms with van der Waals surface area (Å²) in [4.78, 5) is 10.3. The van der Waals surface area contributed by atoms with Crippen LogP contribution in [0.15, 0.2) is 22.2 Å². The Morgan fingerprint density at radius 3 is 2.60 bits per heavy atom. The molecule has 0 aromatic heterocycles. The molecule has 0 saturated heterocycles. The van der Waals surface area contributed by atoms with Gasteiger partial charge in [-0.1, -0.05) is 30.1 Å². The van der Waals surface area contributed by atoms with Gasteiger partial charge in [0.1, 0.15) is 0 Å². The van der Waals surface area contributed by atoms with Gasteiger partial charge in [-0.2, -0.15) is 0 Å². The minimum absolute atomic E-state index is 0.148. The minimum Gasteiger partial charge on any atom is -0.348 e. The molecule has 0 aromatic rings. The molecule has 2 unspecified atom stereocenters. The number of amides is 1. The summed E-state index contributed by atoms with van der Waals surface area (Å²) in [5.41, 5.74) is 0. The Morgan fingerprint density at radius 2 is 2.13 bits per heavy atom. The van der Waals surface area contributed by atoms with Crippen LogP contribution in [0.3, 0.4) is 0 Å². The fourth-order valence-electron chi connectivity index (χ4n) is 1.44. The first-order chi connectivity index (χ1) is 6.89. The molecule has 1 rings (SSSR count). The van der Waals surface area contributed by atoms with E-state index in [0.29, 0.717) is 16.5 Å². The van der Waals surface area contributed by atoms with Crippen LogP contribution in [-0.2, 0) is 4.79 Å². The molecule has 0 heterocycles. The van der Waals surface area contributed by atoms with Crippen molar-refractivity contribution >= 4 is 40.7 Å². The third kappa shape index (κ3) is 2.90.